The Balaban J connectivity index is 1.46. The van der Waals surface area contributed by atoms with E-state index in [9.17, 15) is 22.8 Å². The molecule has 3 aromatic heterocycles. The van der Waals surface area contributed by atoms with Crippen molar-refractivity contribution in [3.8, 4) is 17.1 Å². The Bertz CT molecular complexity index is 1960. The minimum Gasteiger partial charge on any atom is -0.330 e. The molecule has 13 heteroatoms. The zero-order valence-corrected chi connectivity index (χ0v) is 26.0. The predicted molar refractivity (Wildman–Crippen MR) is 162 cm³/mol. The number of aryl methyl sites for hydroxylation is 1. The average Bonchev–Trinajstić information content (AvgIpc) is 3.58. The highest BCUT2D eigenvalue weighted by molar-refractivity contribution is 9.10. The summed E-state index contributed by atoms with van der Waals surface area (Å²) in [6.07, 6.45) is -0.382. The van der Waals surface area contributed by atoms with E-state index < -0.39 is 23.7 Å². The van der Waals surface area contributed by atoms with Gasteiger partial charge in [-0.1, -0.05) is 29.8 Å². The van der Waals surface area contributed by atoms with Gasteiger partial charge in [-0.05, 0) is 68.1 Å². The van der Waals surface area contributed by atoms with E-state index in [2.05, 4.69) is 45.1 Å². The van der Waals surface area contributed by atoms with Crippen molar-refractivity contribution in [3.05, 3.63) is 97.8 Å². The quantitative estimate of drug-likeness (QED) is 0.235. The van der Waals surface area contributed by atoms with Crippen LogP contribution in [-0.2, 0) is 32.6 Å². The Hall–Kier alpha value is -4.26. The maximum Gasteiger partial charge on any atom is 0.417 e. The molecule has 0 N–H and O–H groups in total. The number of hydrogen-bond acceptors (Lipinski definition) is 5. The van der Waals surface area contributed by atoms with Crippen LogP contribution in [0.15, 0.2) is 64.3 Å². The first-order valence-electron chi connectivity index (χ1n) is 14.1. The molecular weight excluding hydrogens is 639 g/mol. The van der Waals surface area contributed by atoms with Gasteiger partial charge in [0.05, 0.1) is 29.7 Å². The number of fused-ring (bicyclic) bond motifs is 3. The minimum absolute atomic E-state index is 0.0211. The summed E-state index contributed by atoms with van der Waals surface area (Å²) in [5.74, 6) is 0.419. The zero-order valence-electron chi connectivity index (χ0n) is 24.4. The van der Waals surface area contributed by atoms with E-state index >= 15 is 0 Å². The fraction of sp³-hybridized carbons (Fsp3) is 0.323. The molecule has 1 aliphatic heterocycles. The van der Waals surface area contributed by atoms with E-state index in [1.807, 2.05) is 35.9 Å². The molecule has 1 aliphatic rings. The van der Waals surface area contributed by atoms with Crippen LogP contribution >= 0.6 is 15.9 Å². The molecule has 0 saturated carbocycles. The van der Waals surface area contributed by atoms with Gasteiger partial charge in [-0.3, -0.25) is 14.2 Å². The maximum absolute atomic E-state index is 14.3. The molecule has 9 nitrogen and oxygen atoms in total. The van der Waals surface area contributed by atoms with Gasteiger partial charge in [-0.15, -0.1) is 10.2 Å². The molecule has 0 radical (unpaired) electrons. The Morgan fingerprint density at radius 1 is 1.14 bits per heavy atom. The molecule has 6 rings (SSSR count). The highest BCUT2D eigenvalue weighted by Gasteiger charge is 2.36. The summed E-state index contributed by atoms with van der Waals surface area (Å²) < 4.78 is 45.8. The van der Waals surface area contributed by atoms with Crippen molar-refractivity contribution in [2.24, 2.45) is 13.0 Å². The Morgan fingerprint density at radius 3 is 2.50 bits per heavy atom. The number of benzene rings is 2. The number of nitrogens with zero attached hydrogens (tertiary/aromatic N) is 7. The summed E-state index contributed by atoms with van der Waals surface area (Å²) >= 11 is 2.94. The van der Waals surface area contributed by atoms with Crippen molar-refractivity contribution in [1.82, 2.24) is 33.8 Å². The van der Waals surface area contributed by atoms with Crippen molar-refractivity contribution < 1.29 is 18.0 Å². The van der Waals surface area contributed by atoms with Crippen LogP contribution in [0.25, 0.3) is 22.7 Å². The summed E-state index contributed by atoms with van der Waals surface area (Å²) in [7, 11) is 1.85. The molecule has 4 heterocycles. The van der Waals surface area contributed by atoms with E-state index in [1.54, 1.807) is 28.5 Å². The molecule has 0 saturated heterocycles. The van der Waals surface area contributed by atoms with Crippen LogP contribution in [0.2, 0.25) is 0 Å². The normalized spacial score (nSPS) is 15.3. The molecule has 44 heavy (non-hydrogen) atoms. The zero-order chi connectivity index (χ0) is 31.5. The molecule has 1 atom stereocenters. The predicted octanol–water partition coefficient (Wildman–Crippen LogP) is 5.85. The second kappa shape index (κ2) is 11.0. The van der Waals surface area contributed by atoms with Crippen LogP contribution < -0.4 is 5.56 Å². The third-order valence-corrected chi connectivity index (χ3v) is 8.64. The summed E-state index contributed by atoms with van der Waals surface area (Å²) in [6.45, 7) is 5.97. The van der Waals surface area contributed by atoms with Crippen LogP contribution in [0, 0.1) is 5.92 Å². The number of hydrogen-bond donors (Lipinski definition) is 0. The summed E-state index contributed by atoms with van der Waals surface area (Å²) in [6, 6.07) is 10.5. The largest absolute Gasteiger partial charge is 0.417 e. The first kappa shape index (κ1) is 29.8. The fourth-order valence-corrected chi connectivity index (χ4v) is 6.30. The van der Waals surface area contributed by atoms with Crippen LogP contribution in [0.5, 0.6) is 0 Å². The lowest BCUT2D eigenvalue weighted by Gasteiger charge is -2.35. The molecule has 1 unspecified atom stereocenters. The van der Waals surface area contributed by atoms with Gasteiger partial charge in [0.25, 0.3) is 11.5 Å². The lowest BCUT2D eigenvalue weighted by Crippen LogP contribution is -2.46. The second-order valence-electron chi connectivity index (χ2n) is 11.6. The minimum atomic E-state index is -4.62. The SMILES string of the molecule is CC(C)Cc1cnn2c3c(c(=O)n(-c4ccc(-c5nncn5C)cc4)c12)CC(C)N(C(=O)c1ccc(Br)c(C(F)(F)F)c1)C3. The smallest absolute Gasteiger partial charge is 0.330 e. The number of alkyl halides is 3. The standard InChI is InChI=1S/C31H29BrF3N7O2/c1-17(2)11-21-14-37-42-26-15-40(29(43)20-7-10-25(32)24(13-20)31(33,34)35)18(3)12-23(26)30(44)41(28(21)42)22-8-5-19(6-9-22)27-38-36-16-39(27)4/h5-10,13-14,16-18H,11-12,15H2,1-4H3. The Labute approximate surface area is 259 Å². The highest BCUT2D eigenvalue weighted by atomic mass is 79.9. The summed E-state index contributed by atoms with van der Waals surface area (Å²) in [5.41, 5.74) is 2.81. The van der Waals surface area contributed by atoms with Gasteiger partial charge in [0.2, 0.25) is 0 Å². The van der Waals surface area contributed by atoms with Crippen LogP contribution in [0.3, 0.4) is 0 Å². The van der Waals surface area contributed by atoms with E-state index in [0.717, 1.165) is 17.2 Å². The number of amides is 1. The van der Waals surface area contributed by atoms with E-state index in [0.29, 0.717) is 34.8 Å². The number of carbonyl (C=O) groups is 1. The van der Waals surface area contributed by atoms with Crippen LogP contribution in [0.1, 0.15) is 53.5 Å². The van der Waals surface area contributed by atoms with Crippen LogP contribution in [-0.4, -0.2) is 45.8 Å². The van der Waals surface area contributed by atoms with E-state index in [-0.39, 0.29) is 34.5 Å². The molecule has 0 spiro atoms. The van der Waals surface area contributed by atoms with Crippen molar-refractivity contribution in [2.75, 3.05) is 0 Å². The molecule has 5 aromatic rings. The van der Waals surface area contributed by atoms with E-state index in [1.165, 1.54) is 17.0 Å². The van der Waals surface area contributed by atoms with Gasteiger partial charge in [0, 0.05) is 39.8 Å². The summed E-state index contributed by atoms with van der Waals surface area (Å²) in [5, 5.41) is 12.8. The topological polar surface area (TPSA) is 90.3 Å². The number of rotatable bonds is 5. The fourth-order valence-electron chi connectivity index (χ4n) is 5.83. The molecule has 228 valence electrons. The molecule has 2 aromatic carbocycles. The second-order valence-corrected chi connectivity index (χ2v) is 12.4. The average molecular weight is 669 g/mol. The highest BCUT2D eigenvalue weighted by Crippen LogP contribution is 2.36. The third-order valence-electron chi connectivity index (χ3n) is 7.95. The van der Waals surface area contributed by atoms with Gasteiger partial charge in [-0.25, -0.2) is 4.52 Å². The number of aromatic nitrogens is 6. The van der Waals surface area contributed by atoms with Crippen LogP contribution in [0.4, 0.5) is 13.2 Å². The van der Waals surface area contributed by atoms with E-state index in [4.69, 9.17) is 0 Å². The lowest BCUT2D eigenvalue weighted by molar-refractivity contribution is -0.138. The van der Waals surface area contributed by atoms with Gasteiger partial charge in [0.1, 0.15) is 12.0 Å². The lowest BCUT2D eigenvalue weighted by atomic mass is 9.97. The molecule has 1 amide bonds. The van der Waals surface area contributed by atoms with Crippen molar-refractivity contribution in [1.29, 1.82) is 0 Å². The first-order valence-corrected chi connectivity index (χ1v) is 14.9. The summed E-state index contributed by atoms with van der Waals surface area (Å²) in [4.78, 5) is 29.4. The maximum atomic E-state index is 14.3. The number of halogens is 4. The van der Waals surface area contributed by atoms with Gasteiger partial charge < -0.3 is 9.47 Å². The van der Waals surface area contributed by atoms with Gasteiger partial charge in [0.15, 0.2) is 5.82 Å². The number of carbonyl (C=O) groups excluding carboxylic acids is 1. The van der Waals surface area contributed by atoms with Crippen molar-refractivity contribution in [2.45, 2.75) is 52.4 Å². The Morgan fingerprint density at radius 2 is 1.86 bits per heavy atom. The third kappa shape index (κ3) is 5.12. The molecular formula is C31H29BrF3N7O2. The molecule has 0 aliphatic carbocycles. The van der Waals surface area contributed by atoms with Gasteiger partial charge in [-0.2, -0.15) is 18.3 Å². The van der Waals surface area contributed by atoms with Crippen molar-refractivity contribution >= 4 is 27.5 Å². The first-order chi connectivity index (χ1) is 20.8. The van der Waals surface area contributed by atoms with Gasteiger partial charge >= 0.3 is 6.18 Å². The Kier molecular flexibility index (Phi) is 7.47. The molecule has 0 bridgehead atoms. The molecule has 0 fully saturated rings. The monoisotopic (exact) mass is 667 g/mol. The van der Waals surface area contributed by atoms with Crippen molar-refractivity contribution in [3.63, 3.8) is 0 Å².